The summed E-state index contributed by atoms with van der Waals surface area (Å²) in [5, 5.41) is 3.14. The number of amides is 1. The van der Waals surface area contributed by atoms with Crippen LogP contribution in [0.3, 0.4) is 0 Å². The Labute approximate surface area is 126 Å². The third kappa shape index (κ3) is 5.88. The molecule has 0 spiro atoms. The Kier molecular flexibility index (Phi) is 6.43. The number of rotatable bonds is 6. The van der Waals surface area contributed by atoms with Crippen LogP contribution in [0.4, 0.5) is 5.82 Å². The SMILES string of the molecule is CC(C)(C)C(CCN)CCC(=O)Nc1cccc(Cl)n1. The van der Waals surface area contributed by atoms with Gasteiger partial charge in [-0.25, -0.2) is 4.98 Å². The molecule has 1 atom stereocenters. The van der Waals surface area contributed by atoms with Crippen molar-refractivity contribution in [1.29, 1.82) is 0 Å². The average Bonchev–Trinajstić information content (AvgIpc) is 2.33. The zero-order valence-corrected chi connectivity index (χ0v) is 13.2. The lowest BCUT2D eigenvalue weighted by atomic mass is 9.76. The van der Waals surface area contributed by atoms with Gasteiger partial charge in [-0.1, -0.05) is 38.4 Å². The summed E-state index contributed by atoms with van der Waals surface area (Å²) in [6, 6.07) is 5.16. The Balaban J connectivity index is 2.50. The molecule has 0 aliphatic heterocycles. The molecule has 3 N–H and O–H groups in total. The molecule has 1 amide bonds. The quantitative estimate of drug-likeness (QED) is 0.790. The summed E-state index contributed by atoms with van der Waals surface area (Å²) < 4.78 is 0. The second-order valence-electron chi connectivity index (χ2n) is 6.07. The number of anilines is 1. The van der Waals surface area contributed by atoms with Gasteiger partial charge in [-0.05, 0) is 42.9 Å². The summed E-state index contributed by atoms with van der Waals surface area (Å²) in [4.78, 5) is 16.0. The minimum atomic E-state index is -0.0361. The van der Waals surface area contributed by atoms with Gasteiger partial charge in [-0.15, -0.1) is 0 Å². The predicted octanol–water partition coefficient (Wildman–Crippen LogP) is 3.46. The lowest BCUT2D eigenvalue weighted by Crippen LogP contribution is -2.25. The molecule has 0 aliphatic rings. The first-order chi connectivity index (χ1) is 9.32. The molecular weight excluding hydrogens is 274 g/mol. The van der Waals surface area contributed by atoms with E-state index in [2.05, 4.69) is 31.1 Å². The minimum Gasteiger partial charge on any atom is -0.330 e. The molecule has 1 aromatic heterocycles. The van der Waals surface area contributed by atoms with Crippen LogP contribution in [0.25, 0.3) is 0 Å². The van der Waals surface area contributed by atoms with Gasteiger partial charge in [0.1, 0.15) is 11.0 Å². The zero-order chi connectivity index (χ0) is 15.2. The first kappa shape index (κ1) is 16.9. The molecule has 1 heterocycles. The topological polar surface area (TPSA) is 68.0 Å². The smallest absolute Gasteiger partial charge is 0.225 e. The molecule has 0 fully saturated rings. The van der Waals surface area contributed by atoms with Gasteiger partial charge in [0.2, 0.25) is 5.91 Å². The number of carbonyl (C=O) groups is 1. The fraction of sp³-hybridized carbons (Fsp3) is 0.600. The van der Waals surface area contributed by atoms with E-state index in [-0.39, 0.29) is 11.3 Å². The van der Waals surface area contributed by atoms with Crippen molar-refractivity contribution in [2.45, 2.75) is 40.0 Å². The van der Waals surface area contributed by atoms with Crippen molar-refractivity contribution in [3.05, 3.63) is 23.4 Å². The molecular formula is C15H24ClN3O. The van der Waals surface area contributed by atoms with Crippen LogP contribution in [0.5, 0.6) is 0 Å². The molecule has 5 heteroatoms. The van der Waals surface area contributed by atoms with Crippen molar-refractivity contribution in [3.8, 4) is 0 Å². The Hall–Kier alpha value is -1.13. The largest absolute Gasteiger partial charge is 0.330 e. The third-order valence-electron chi connectivity index (χ3n) is 3.44. The summed E-state index contributed by atoms with van der Waals surface area (Å²) in [6.07, 6.45) is 2.23. The number of nitrogens with one attached hydrogen (secondary N) is 1. The molecule has 4 nitrogen and oxygen atoms in total. The number of carbonyl (C=O) groups excluding carboxylic acids is 1. The van der Waals surface area contributed by atoms with Crippen molar-refractivity contribution in [1.82, 2.24) is 4.98 Å². The van der Waals surface area contributed by atoms with Crippen LogP contribution in [-0.2, 0) is 4.79 Å². The third-order valence-corrected chi connectivity index (χ3v) is 3.65. The van der Waals surface area contributed by atoms with Crippen molar-refractivity contribution in [2.75, 3.05) is 11.9 Å². The molecule has 20 heavy (non-hydrogen) atoms. The molecule has 0 radical (unpaired) electrons. The summed E-state index contributed by atoms with van der Waals surface area (Å²) in [7, 11) is 0. The predicted molar refractivity (Wildman–Crippen MR) is 83.7 cm³/mol. The molecule has 112 valence electrons. The molecule has 1 rings (SSSR count). The number of hydrogen-bond donors (Lipinski definition) is 2. The first-order valence-electron chi connectivity index (χ1n) is 6.95. The highest BCUT2D eigenvalue weighted by atomic mass is 35.5. The fourth-order valence-electron chi connectivity index (χ4n) is 2.20. The highest BCUT2D eigenvalue weighted by molar-refractivity contribution is 6.29. The molecule has 0 saturated carbocycles. The molecule has 1 unspecified atom stereocenters. The molecule has 0 aromatic carbocycles. The molecule has 1 aromatic rings. The van der Waals surface area contributed by atoms with Crippen LogP contribution in [-0.4, -0.2) is 17.4 Å². The van der Waals surface area contributed by atoms with Gasteiger partial charge in [0, 0.05) is 6.42 Å². The number of nitrogens with two attached hydrogens (primary N) is 1. The summed E-state index contributed by atoms with van der Waals surface area (Å²) >= 11 is 5.78. The van der Waals surface area contributed by atoms with Crippen molar-refractivity contribution in [2.24, 2.45) is 17.1 Å². The van der Waals surface area contributed by atoms with Crippen LogP contribution in [0, 0.1) is 11.3 Å². The maximum atomic E-state index is 11.9. The van der Waals surface area contributed by atoms with Crippen molar-refractivity contribution < 1.29 is 4.79 Å². The molecule has 0 saturated heterocycles. The van der Waals surface area contributed by atoms with Crippen LogP contribution in [0.15, 0.2) is 18.2 Å². The summed E-state index contributed by atoms with van der Waals surface area (Å²) in [5.41, 5.74) is 5.81. The second-order valence-corrected chi connectivity index (χ2v) is 6.46. The van der Waals surface area contributed by atoms with Crippen molar-refractivity contribution in [3.63, 3.8) is 0 Å². The van der Waals surface area contributed by atoms with Gasteiger partial charge in [0.25, 0.3) is 0 Å². The van der Waals surface area contributed by atoms with Gasteiger partial charge in [-0.3, -0.25) is 4.79 Å². The minimum absolute atomic E-state index is 0.0361. The Bertz CT molecular complexity index is 443. The highest BCUT2D eigenvalue weighted by Gasteiger charge is 2.24. The standard InChI is InChI=1S/C15H24ClN3O/c1-15(2,3)11(9-10-17)7-8-14(20)19-13-6-4-5-12(16)18-13/h4-6,11H,7-10,17H2,1-3H3,(H,18,19,20). The van der Waals surface area contributed by atoms with E-state index in [0.717, 1.165) is 12.8 Å². The van der Waals surface area contributed by atoms with Gasteiger partial charge in [0.15, 0.2) is 0 Å². The Morgan fingerprint density at radius 1 is 1.40 bits per heavy atom. The van der Waals surface area contributed by atoms with Crippen LogP contribution < -0.4 is 11.1 Å². The van der Waals surface area contributed by atoms with E-state index in [1.807, 2.05) is 0 Å². The van der Waals surface area contributed by atoms with E-state index in [1.165, 1.54) is 0 Å². The molecule has 0 bridgehead atoms. The number of aromatic nitrogens is 1. The normalized spacial score (nSPS) is 13.1. The van der Waals surface area contributed by atoms with Gasteiger partial charge >= 0.3 is 0 Å². The van der Waals surface area contributed by atoms with Gasteiger partial charge in [0.05, 0.1) is 0 Å². The van der Waals surface area contributed by atoms with E-state index in [9.17, 15) is 4.79 Å². The van der Waals surface area contributed by atoms with E-state index >= 15 is 0 Å². The van der Waals surface area contributed by atoms with Crippen LogP contribution in [0.1, 0.15) is 40.0 Å². The van der Waals surface area contributed by atoms with Crippen LogP contribution in [0.2, 0.25) is 5.15 Å². The number of pyridine rings is 1. The number of nitrogens with zero attached hydrogens (tertiary/aromatic N) is 1. The van der Waals surface area contributed by atoms with Gasteiger partial charge in [-0.2, -0.15) is 0 Å². The maximum absolute atomic E-state index is 11.9. The van der Waals surface area contributed by atoms with Gasteiger partial charge < -0.3 is 11.1 Å². The Morgan fingerprint density at radius 3 is 2.65 bits per heavy atom. The van der Waals surface area contributed by atoms with E-state index in [4.69, 9.17) is 17.3 Å². The van der Waals surface area contributed by atoms with E-state index in [1.54, 1.807) is 18.2 Å². The number of hydrogen-bond acceptors (Lipinski definition) is 3. The second kappa shape index (κ2) is 7.60. The van der Waals surface area contributed by atoms with E-state index < -0.39 is 0 Å². The highest BCUT2D eigenvalue weighted by Crippen LogP contribution is 2.32. The van der Waals surface area contributed by atoms with E-state index in [0.29, 0.717) is 29.9 Å². The summed E-state index contributed by atoms with van der Waals surface area (Å²) in [6.45, 7) is 7.21. The zero-order valence-electron chi connectivity index (χ0n) is 12.4. The van der Waals surface area contributed by atoms with Crippen LogP contribution >= 0.6 is 11.6 Å². The monoisotopic (exact) mass is 297 g/mol. The molecule has 0 aliphatic carbocycles. The lowest BCUT2D eigenvalue weighted by Gasteiger charge is -2.30. The van der Waals surface area contributed by atoms with Crippen molar-refractivity contribution >= 4 is 23.3 Å². The lowest BCUT2D eigenvalue weighted by molar-refractivity contribution is -0.116. The maximum Gasteiger partial charge on any atom is 0.225 e. The Morgan fingerprint density at radius 2 is 2.10 bits per heavy atom. The summed E-state index contributed by atoms with van der Waals surface area (Å²) in [5.74, 6) is 0.894. The average molecular weight is 298 g/mol. The number of halogens is 1. The first-order valence-corrected chi connectivity index (χ1v) is 7.33. The fourth-order valence-corrected chi connectivity index (χ4v) is 2.36.